The lowest BCUT2D eigenvalue weighted by atomic mass is 10.1. The molecule has 4 heteroatoms. The summed E-state index contributed by atoms with van der Waals surface area (Å²) in [6.07, 6.45) is 3.19. The first-order valence-electron chi connectivity index (χ1n) is 5.13. The second-order valence-corrected chi connectivity index (χ2v) is 3.46. The predicted octanol–water partition coefficient (Wildman–Crippen LogP) is 2.50. The van der Waals surface area contributed by atoms with Crippen LogP contribution in [-0.4, -0.2) is 16.1 Å². The lowest BCUT2D eigenvalue weighted by Crippen LogP contribution is -2.01. The van der Waals surface area contributed by atoms with Gasteiger partial charge >= 0.3 is 5.97 Å². The zero-order chi connectivity index (χ0) is 12.1. The second-order valence-electron chi connectivity index (χ2n) is 3.46. The summed E-state index contributed by atoms with van der Waals surface area (Å²) in [4.78, 5) is 14.6. The summed E-state index contributed by atoms with van der Waals surface area (Å²) in [6.45, 7) is 0. The van der Waals surface area contributed by atoms with Crippen LogP contribution in [0.1, 0.15) is 5.56 Å². The highest BCUT2D eigenvalue weighted by molar-refractivity contribution is 5.71. The molecule has 0 radical (unpaired) electrons. The van der Waals surface area contributed by atoms with E-state index >= 15 is 0 Å². The summed E-state index contributed by atoms with van der Waals surface area (Å²) in [6, 6.07) is 10.5. The maximum atomic E-state index is 10.7. The van der Waals surface area contributed by atoms with Crippen LogP contribution in [0.25, 0.3) is 0 Å². The molecule has 0 bridgehead atoms. The number of hydrogen-bond donors (Lipinski definition) is 1. The molecule has 1 aromatic carbocycles. The summed E-state index contributed by atoms with van der Waals surface area (Å²) < 4.78 is 5.61. The molecule has 0 saturated carbocycles. The third kappa shape index (κ3) is 3.04. The Hall–Kier alpha value is -2.36. The van der Waals surface area contributed by atoms with Crippen LogP contribution < -0.4 is 4.74 Å². The summed E-state index contributed by atoms with van der Waals surface area (Å²) in [5.74, 6) is 0.315. The fraction of sp³-hybridized carbons (Fsp3) is 0.0769. The molecule has 1 aromatic heterocycles. The third-order valence-electron chi connectivity index (χ3n) is 2.19. The normalized spacial score (nSPS) is 9.88. The molecule has 0 aliphatic carbocycles. The highest BCUT2D eigenvalue weighted by atomic mass is 16.5. The molecule has 0 aliphatic rings. The summed E-state index contributed by atoms with van der Waals surface area (Å²) in [7, 11) is 0. The van der Waals surface area contributed by atoms with Crippen LogP contribution in [0.4, 0.5) is 0 Å². The Balaban J connectivity index is 2.23. The first-order chi connectivity index (χ1) is 8.25. The highest BCUT2D eigenvalue weighted by Gasteiger charge is 2.07. The van der Waals surface area contributed by atoms with Gasteiger partial charge in [-0.3, -0.25) is 9.78 Å². The van der Waals surface area contributed by atoms with Crippen LogP contribution in [0.2, 0.25) is 0 Å². The highest BCUT2D eigenvalue weighted by Crippen LogP contribution is 2.24. The van der Waals surface area contributed by atoms with E-state index in [0.29, 0.717) is 17.1 Å². The number of carboxylic acid groups (broad SMARTS) is 1. The Morgan fingerprint density at radius 1 is 1.18 bits per heavy atom. The van der Waals surface area contributed by atoms with Crippen molar-refractivity contribution in [2.24, 2.45) is 0 Å². The van der Waals surface area contributed by atoms with Gasteiger partial charge in [0.25, 0.3) is 0 Å². The predicted molar refractivity (Wildman–Crippen MR) is 62.1 cm³/mol. The number of hydrogen-bond acceptors (Lipinski definition) is 3. The molecule has 2 aromatic rings. The number of carboxylic acids is 1. The Bertz CT molecular complexity index is 511. The van der Waals surface area contributed by atoms with Crippen molar-refractivity contribution in [3.63, 3.8) is 0 Å². The van der Waals surface area contributed by atoms with Crippen LogP contribution in [0, 0.1) is 0 Å². The molecule has 17 heavy (non-hydrogen) atoms. The molecule has 86 valence electrons. The van der Waals surface area contributed by atoms with Gasteiger partial charge in [0.05, 0.1) is 6.42 Å². The number of benzene rings is 1. The van der Waals surface area contributed by atoms with Crippen LogP contribution >= 0.6 is 0 Å². The molecule has 0 fully saturated rings. The van der Waals surface area contributed by atoms with Crippen molar-refractivity contribution in [3.8, 4) is 11.5 Å². The lowest BCUT2D eigenvalue weighted by molar-refractivity contribution is -0.136. The second kappa shape index (κ2) is 5.12. The molecule has 0 spiro atoms. The van der Waals surface area contributed by atoms with E-state index in [1.165, 1.54) is 0 Å². The largest absolute Gasteiger partial charge is 0.481 e. The Labute approximate surface area is 98.5 Å². The van der Waals surface area contributed by atoms with Crippen LogP contribution in [-0.2, 0) is 11.2 Å². The van der Waals surface area contributed by atoms with Crippen molar-refractivity contribution >= 4 is 5.97 Å². The first-order valence-corrected chi connectivity index (χ1v) is 5.13. The number of carbonyl (C=O) groups is 1. The van der Waals surface area contributed by atoms with E-state index in [-0.39, 0.29) is 6.42 Å². The van der Waals surface area contributed by atoms with Gasteiger partial charge in [-0.25, -0.2) is 0 Å². The number of nitrogens with zero attached hydrogens (tertiary/aromatic N) is 1. The molecule has 2 rings (SSSR count). The fourth-order valence-electron chi connectivity index (χ4n) is 1.45. The summed E-state index contributed by atoms with van der Waals surface area (Å²) in [5.41, 5.74) is 0.650. The lowest BCUT2D eigenvalue weighted by Gasteiger charge is -2.09. The molecule has 0 atom stereocenters. The van der Waals surface area contributed by atoms with Gasteiger partial charge in [-0.15, -0.1) is 0 Å². The molecule has 0 amide bonds. The summed E-state index contributed by atoms with van der Waals surface area (Å²) in [5, 5.41) is 8.79. The molecule has 0 unspecified atom stereocenters. The minimum Gasteiger partial charge on any atom is -0.481 e. The van der Waals surface area contributed by atoms with Crippen LogP contribution in [0.3, 0.4) is 0 Å². The van der Waals surface area contributed by atoms with E-state index in [2.05, 4.69) is 4.98 Å². The van der Waals surface area contributed by atoms with Crippen molar-refractivity contribution in [2.75, 3.05) is 0 Å². The maximum Gasteiger partial charge on any atom is 0.307 e. The standard InChI is InChI=1S/C13H11NO3/c15-13(16)9-10-3-1-2-4-12(10)17-11-5-7-14-8-6-11/h1-8H,9H2,(H,15,16). The van der Waals surface area contributed by atoms with Crippen molar-refractivity contribution in [1.29, 1.82) is 0 Å². The Morgan fingerprint density at radius 2 is 1.88 bits per heavy atom. The van der Waals surface area contributed by atoms with Crippen LogP contribution in [0.5, 0.6) is 11.5 Å². The molecular formula is C13H11NO3. The number of aromatic nitrogens is 1. The van der Waals surface area contributed by atoms with E-state index in [1.54, 1.807) is 42.7 Å². The van der Waals surface area contributed by atoms with E-state index in [4.69, 9.17) is 9.84 Å². The number of para-hydroxylation sites is 1. The van der Waals surface area contributed by atoms with Crippen molar-refractivity contribution in [1.82, 2.24) is 4.98 Å². The molecular weight excluding hydrogens is 218 g/mol. The zero-order valence-electron chi connectivity index (χ0n) is 9.04. The molecule has 0 saturated heterocycles. The van der Waals surface area contributed by atoms with Gasteiger partial charge in [0, 0.05) is 18.0 Å². The minimum absolute atomic E-state index is 0.0543. The van der Waals surface area contributed by atoms with Gasteiger partial charge in [-0.2, -0.15) is 0 Å². The third-order valence-corrected chi connectivity index (χ3v) is 2.19. The van der Waals surface area contributed by atoms with E-state index in [0.717, 1.165) is 0 Å². The zero-order valence-corrected chi connectivity index (χ0v) is 9.04. The Morgan fingerprint density at radius 3 is 2.59 bits per heavy atom. The number of aliphatic carboxylic acids is 1. The minimum atomic E-state index is -0.879. The quantitative estimate of drug-likeness (QED) is 0.875. The van der Waals surface area contributed by atoms with Crippen molar-refractivity contribution < 1.29 is 14.6 Å². The van der Waals surface area contributed by atoms with Crippen LogP contribution in [0.15, 0.2) is 48.8 Å². The molecule has 1 N–H and O–H groups in total. The molecule has 4 nitrogen and oxygen atoms in total. The van der Waals surface area contributed by atoms with Gasteiger partial charge in [0.15, 0.2) is 0 Å². The van der Waals surface area contributed by atoms with Gasteiger partial charge in [-0.05, 0) is 18.2 Å². The fourth-order valence-corrected chi connectivity index (χ4v) is 1.45. The van der Waals surface area contributed by atoms with Gasteiger partial charge in [0.1, 0.15) is 11.5 Å². The van der Waals surface area contributed by atoms with E-state index < -0.39 is 5.97 Å². The monoisotopic (exact) mass is 229 g/mol. The van der Waals surface area contributed by atoms with E-state index in [9.17, 15) is 4.79 Å². The number of rotatable bonds is 4. The van der Waals surface area contributed by atoms with Gasteiger partial charge in [-0.1, -0.05) is 18.2 Å². The topological polar surface area (TPSA) is 59.4 Å². The smallest absolute Gasteiger partial charge is 0.307 e. The van der Waals surface area contributed by atoms with E-state index in [1.807, 2.05) is 6.07 Å². The Kier molecular flexibility index (Phi) is 3.35. The molecule has 0 aliphatic heterocycles. The first kappa shape index (κ1) is 11.1. The maximum absolute atomic E-state index is 10.7. The van der Waals surface area contributed by atoms with Gasteiger partial charge < -0.3 is 9.84 Å². The summed E-state index contributed by atoms with van der Waals surface area (Å²) >= 11 is 0. The number of pyridine rings is 1. The van der Waals surface area contributed by atoms with Crippen molar-refractivity contribution in [3.05, 3.63) is 54.4 Å². The van der Waals surface area contributed by atoms with Crippen molar-refractivity contribution in [2.45, 2.75) is 6.42 Å². The SMILES string of the molecule is O=C(O)Cc1ccccc1Oc1ccncc1. The average Bonchev–Trinajstić information content (AvgIpc) is 2.32. The molecule has 1 heterocycles. The van der Waals surface area contributed by atoms with Gasteiger partial charge in [0.2, 0.25) is 0 Å². The average molecular weight is 229 g/mol. The number of ether oxygens (including phenoxy) is 1.